The average molecular weight is 646 g/mol. The maximum absolute atomic E-state index is 12.0. The lowest BCUT2D eigenvalue weighted by molar-refractivity contribution is 0.0697. The summed E-state index contributed by atoms with van der Waals surface area (Å²) >= 11 is 0. The molecule has 0 radical (unpaired) electrons. The fraction of sp³-hybridized carbons (Fsp3) is 0.283. The molecule has 0 saturated heterocycles. The molecule has 0 spiro atoms. The van der Waals surface area contributed by atoms with E-state index in [-0.39, 0.29) is 11.0 Å². The van der Waals surface area contributed by atoms with Gasteiger partial charge in [-0.2, -0.15) is 0 Å². The molecular formula is C46H47NO2. The molecule has 248 valence electrons. The van der Waals surface area contributed by atoms with Crippen molar-refractivity contribution in [2.75, 3.05) is 4.90 Å². The standard InChI is InChI=1S/C46H47NO2/c1-4-7-16-35-36-17-10-12-20-40(36)44(41-21-13-11-18-37(35)41)47(33-25-23-32(24-26-33)45(48)49)34-27-28-39-38-19-14-15-22-42(38)46(29-8-5-2,30-9-6-3)43(39)31-34/h10-15,17-28,31H,4-9,16,29-30H2,1-3H3,(H,48,49). The van der Waals surface area contributed by atoms with Crippen molar-refractivity contribution < 1.29 is 9.90 Å². The number of hydrogen-bond acceptors (Lipinski definition) is 2. The van der Waals surface area contributed by atoms with Gasteiger partial charge in [0.15, 0.2) is 0 Å². The number of hydrogen-bond donors (Lipinski definition) is 1. The number of fused-ring (bicyclic) bond motifs is 5. The van der Waals surface area contributed by atoms with Crippen LogP contribution in [0.15, 0.2) is 115 Å². The summed E-state index contributed by atoms with van der Waals surface area (Å²) in [5.41, 5.74) is 10.4. The molecule has 0 saturated carbocycles. The lowest BCUT2D eigenvalue weighted by atomic mass is 9.71. The van der Waals surface area contributed by atoms with Crippen molar-refractivity contribution >= 4 is 44.6 Å². The summed E-state index contributed by atoms with van der Waals surface area (Å²) < 4.78 is 0. The van der Waals surface area contributed by atoms with Crippen LogP contribution in [0.2, 0.25) is 0 Å². The molecule has 1 aliphatic rings. The van der Waals surface area contributed by atoms with Crippen molar-refractivity contribution in [2.24, 2.45) is 0 Å². The third-order valence-electron chi connectivity index (χ3n) is 10.8. The number of carboxylic acid groups (broad SMARTS) is 1. The van der Waals surface area contributed by atoms with Crippen LogP contribution in [0.25, 0.3) is 32.7 Å². The topological polar surface area (TPSA) is 40.5 Å². The molecule has 0 bridgehead atoms. The van der Waals surface area contributed by atoms with Gasteiger partial charge in [0.05, 0.1) is 11.3 Å². The van der Waals surface area contributed by atoms with Gasteiger partial charge in [-0.15, -0.1) is 0 Å². The molecule has 7 rings (SSSR count). The molecule has 0 aliphatic heterocycles. The minimum Gasteiger partial charge on any atom is -0.478 e. The van der Waals surface area contributed by atoms with Crippen molar-refractivity contribution in [3.8, 4) is 11.1 Å². The first-order valence-corrected chi connectivity index (χ1v) is 18.3. The normalized spacial score (nSPS) is 13.0. The maximum atomic E-state index is 12.0. The van der Waals surface area contributed by atoms with Gasteiger partial charge in [0.1, 0.15) is 0 Å². The van der Waals surface area contributed by atoms with Crippen molar-refractivity contribution in [1.29, 1.82) is 0 Å². The van der Waals surface area contributed by atoms with Crippen LogP contribution in [0.3, 0.4) is 0 Å². The number of carbonyl (C=O) groups is 1. The van der Waals surface area contributed by atoms with Gasteiger partial charge in [0, 0.05) is 27.6 Å². The third-order valence-corrected chi connectivity index (χ3v) is 10.8. The van der Waals surface area contributed by atoms with Crippen molar-refractivity contribution in [1.82, 2.24) is 0 Å². The van der Waals surface area contributed by atoms with Crippen LogP contribution < -0.4 is 4.90 Å². The molecule has 0 fully saturated rings. The number of unbranched alkanes of at least 4 members (excludes halogenated alkanes) is 3. The molecule has 6 aromatic rings. The molecule has 0 amide bonds. The SMILES string of the molecule is CCCCc1c2ccccc2c(N(c2ccc(C(=O)O)cc2)c2ccc3c(c2)C(CCCC)(CCCC)c2ccccc2-3)c2ccccc12. The quantitative estimate of drug-likeness (QED) is 0.127. The summed E-state index contributed by atoms with van der Waals surface area (Å²) in [5, 5.41) is 14.8. The van der Waals surface area contributed by atoms with E-state index in [1.165, 1.54) is 62.2 Å². The first-order valence-electron chi connectivity index (χ1n) is 18.3. The first kappa shape index (κ1) is 32.6. The van der Waals surface area contributed by atoms with E-state index < -0.39 is 5.97 Å². The largest absolute Gasteiger partial charge is 0.478 e. The van der Waals surface area contributed by atoms with Gasteiger partial charge >= 0.3 is 5.97 Å². The van der Waals surface area contributed by atoms with Gasteiger partial charge in [0.25, 0.3) is 0 Å². The molecule has 3 nitrogen and oxygen atoms in total. The molecule has 49 heavy (non-hydrogen) atoms. The number of nitrogens with zero attached hydrogens (tertiary/aromatic N) is 1. The molecule has 0 unspecified atom stereocenters. The Kier molecular flexibility index (Phi) is 9.27. The van der Waals surface area contributed by atoms with E-state index in [4.69, 9.17) is 0 Å². The van der Waals surface area contributed by atoms with Crippen LogP contribution in [-0.2, 0) is 11.8 Å². The molecule has 3 heteroatoms. The Bertz CT molecular complexity index is 2060. The zero-order chi connectivity index (χ0) is 34.0. The Morgan fingerprint density at radius 2 is 1.12 bits per heavy atom. The highest BCUT2D eigenvalue weighted by atomic mass is 16.4. The zero-order valence-electron chi connectivity index (χ0n) is 29.1. The minimum absolute atomic E-state index is 0.0407. The van der Waals surface area contributed by atoms with Crippen LogP contribution in [0, 0.1) is 0 Å². The van der Waals surface area contributed by atoms with Gasteiger partial charge in [-0.25, -0.2) is 4.79 Å². The molecule has 0 heterocycles. The van der Waals surface area contributed by atoms with Crippen LogP contribution in [0.4, 0.5) is 17.1 Å². The smallest absolute Gasteiger partial charge is 0.335 e. The number of anilines is 3. The predicted octanol–water partition coefficient (Wildman–Crippen LogP) is 13.2. The second-order valence-corrected chi connectivity index (χ2v) is 13.8. The van der Waals surface area contributed by atoms with Crippen LogP contribution in [-0.4, -0.2) is 11.1 Å². The van der Waals surface area contributed by atoms with Crippen molar-refractivity contribution in [3.63, 3.8) is 0 Å². The second kappa shape index (κ2) is 13.9. The molecule has 1 N–H and O–H groups in total. The summed E-state index contributed by atoms with van der Waals surface area (Å²) in [6, 6.07) is 41.3. The fourth-order valence-electron chi connectivity index (χ4n) is 8.42. The Balaban J connectivity index is 1.54. The maximum Gasteiger partial charge on any atom is 0.335 e. The molecule has 0 aromatic heterocycles. The Labute approximate surface area is 291 Å². The Morgan fingerprint density at radius 3 is 1.71 bits per heavy atom. The van der Waals surface area contributed by atoms with E-state index in [1.54, 1.807) is 12.1 Å². The minimum atomic E-state index is -0.916. The lowest BCUT2D eigenvalue weighted by Crippen LogP contribution is -2.25. The van der Waals surface area contributed by atoms with E-state index in [0.29, 0.717) is 0 Å². The second-order valence-electron chi connectivity index (χ2n) is 13.8. The van der Waals surface area contributed by atoms with E-state index in [2.05, 4.69) is 117 Å². The molecular weight excluding hydrogens is 599 g/mol. The zero-order valence-corrected chi connectivity index (χ0v) is 29.1. The highest BCUT2D eigenvalue weighted by molar-refractivity contribution is 6.16. The highest BCUT2D eigenvalue weighted by Gasteiger charge is 2.42. The third kappa shape index (κ3) is 5.69. The van der Waals surface area contributed by atoms with Crippen molar-refractivity contribution in [3.05, 3.63) is 138 Å². The Morgan fingerprint density at radius 1 is 0.592 bits per heavy atom. The average Bonchev–Trinajstić information content (AvgIpc) is 3.41. The van der Waals surface area contributed by atoms with Gasteiger partial charge in [-0.1, -0.05) is 132 Å². The Hall–Kier alpha value is -4.89. The summed E-state index contributed by atoms with van der Waals surface area (Å²) in [6.45, 7) is 6.86. The van der Waals surface area contributed by atoms with Gasteiger partial charge < -0.3 is 10.0 Å². The summed E-state index contributed by atoms with van der Waals surface area (Å²) in [5.74, 6) is -0.916. The van der Waals surface area contributed by atoms with E-state index in [9.17, 15) is 9.90 Å². The van der Waals surface area contributed by atoms with Crippen LogP contribution in [0.5, 0.6) is 0 Å². The summed E-state index contributed by atoms with van der Waals surface area (Å²) in [7, 11) is 0. The van der Waals surface area contributed by atoms with E-state index in [1.807, 2.05) is 12.1 Å². The highest BCUT2D eigenvalue weighted by Crippen LogP contribution is 2.56. The number of benzene rings is 6. The van der Waals surface area contributed by atoms with Gasteiger partial charge in [-0.05, 0) is 101 Å². The van der Waals surface area contributed by atoms with Crippen molar-refractivity contribution in [2.45, 2.75) is 84.0 Å². The molecule has 1 aliphatic carbocycles. The number of aryl methyl sites for hydroxylation is 1. The van der Waals surface area contributed by atoms with E-state index in [0.717, 1.165) is 62.0 Å². The number of rotatable bonds is 13. The van der Waals surface area contributed by atoms with Crippen LogP contribution in [0.1, 0.15) is 99.2 Å². The van der Waals surface area contributed by atoms with Crippen LogP contribution >= 0.6 is 0 Å². The predicted molar refractivity (Wildman–Crippen MR) is 207 cm³/mol. The summed E-state index contributed by atoms with van der Waals surface area (Å²) in [6.07, 6.45) is 10.2. The molecule has 6 aromatic carbocycles. The van der Waals surface area contributed by atoms with Gasteiger partial charge in [0.2, 0.25) is 0 Å². The van der Waals surface area contributed by atoms with E-state index >= 15 is 0 Å². The summed E-state index contributed by atoms with van der Waals surface area (Å²) in [4.78, 5) is 14.4. The van der Waals surface area contributed by atoms with Gasteiger partial charge in [-0.3, -0.25) is 0 Å². The first-order chi connectivity index (χ1) is 24.0. The fourth-order valence-corrected chi connectivity index (χ4v) is 8.42. The number of aromatic carboxylic acids is 1. The lowest BCUT2D eigenvalue weighted by Gasteiger charge is -2.34. The number of carboxylic acids is 1. The monoisotopic (exact) mass is 645 g/mol. The molecule has 0 atom stereocenters.